The van der Waals surface area contributed by atoms with Crippen LogP contribution in [0.1, 0.15) is 112 Å². The molecule has 0 amide bonds. The van der Waals surface area contributed by atoms with E-state index >= 15 is 0 Å². The van der Waals surface area contributed by atoms with Crippen LogP contribution in [-0.2, 0) is 0 Å². The van der Waals surface area contributed by atoms with Crippen LogP contribution in [0.25, 0.3) is 0 Å². The molecule has 0 saturated heterocycles. The van der Waals surface area contributed by atoms with Crippen molar-refractivity contribution in [2.75, 3.05) is 0 Å². The van der Waals surface area contributed by atoms with Gasteiger partial charge in [-0.1, -0.05) is 79.4 Å². The monoisotopic (exact) mass is 414 g/mol. The van der Waals surface area contributed by atoms with Crippen molar-refractivity contribution < 1.29 is 5.11 Å². The average Bonchev–Trinajstić information content (AvgIpc) is 3.05. The minimum absolute atomic E-state index is 0.112. The van der Waals surface area contributed by atoms with E-state index in [-0.39, 0.29) is 5.41 Å². The summed E-state index contributed by atoms with van der Waals surface area (Å²) in [5.41, 5.74) is 0.101. The topological polar surface area (TPSA) is 20.2 Å². The number of fused-ring (bicyclic) bond motifs is 5. The Hall–Kier alpha value is -0.300. The van der Waals surface area contributed by atoms with E-state index in [4.69, 9.17) is 0 Å². The zero-order valence-electron chi connectivity index (χ0n) is 20.9. The minimum atomic E-state index is -0.530. The lowest BCUT2D eigenvalue weighted by Crippen LogP contribution is -2.59. The summed E-state index contributed by atoms with van der Waals surface area (Å²) in [5.74, 6) is 5.75. The van der Waals surface area contributed by atoms with Crippen molar-refractivity contribution in [1.29, 1.82) is 0 Å². The van der Waals surface area contributed by atoms with Gasteiger partial charge in [-0.2, -0.15) is 0 Å². The lowest BCUT2D eigenvalue weighted by Gasteiger charge is -2.61. The van der Waals surface area contributed by atoms with Crippen LogP contribution in [0.3, 0.4) is 0 Å². The van der Waals surface area contributed by atoms with Crippen molar-refractivity contribution >= 4 is 0 Å². The number of allylic oxidation sites excluding steroid dienone is 1. The highest BCUT2D eigenvalue weighted by atomic mass is 16.3. The van der Waals surface area contributed by atoms with E-state index in [0.29, 0.717) is 17.3 Å². The molecular formula is C29H50O. The Labute approximate surface area is 187 Å². The Morgan fingerprint density at radius 3 is 2.37 bits per heavy atom. The van der Waals surface area contributed by atoms with Crippen LogP contribution >= 0.6 is 0 Å². The van der Waals surface area contributed by atoms with Crippen LogP contribution in [0.2, 0.25) is 0 Å². The van der Waals surface area contributed by atoms with E-state index in [9.17, 15) is 5.11 Å². The minimum Gasteiger partial charge on any atom is -0.385 e. The molecule has 9 atom stereocenters. The summed E-state index contributed by atoms with van der Waals surface area (Å²) in [7, 11) is 0. The van der Waals surface area contributed by atoms with Crippen molar-refractivity contribution in [1.82, 2.24) is 0 Å². The molecule has 3 saturated carbocycles. The van der Waals surface area contributed by atoms with E-state index in [1.165, 1.54) is 64.2 Å². The number of aliphatic hydroxyl groups is 1. The predicted molar refractivity (Wildman–Crippen MR) is 128 cm³/mol. The first-order valence-electron chi connectivity index (χ1n) is 13.6. The van der Waals surface area contributed by atoms with Gasteiger partial charge in [0.05, 0.1) is 5.60 Å². The first kappa shape index (κ1) is 22.9. The maximum atomic E-state index is 11.5. The second-order valence-corrected chi connectivity index (χ2v) is 12.9. The Bertz CT molecular complexity index is 636. The van der Waals surface area contributed by atoms with E-state index in [0.717, 1.165) is 36.0 Å². The standard InChI is InChI=1S/C29H50O/c1-7-22(20(2)3)11-10-21(4)24-12-13-25-23-14-19-29(30)17-9-8-16-28(29,6)26(23)15-18-27(24,25)5/h14,19-26,30H,7-13,15-18H2,1-6H3/t21-,22-,23+,24-,25+,26+,27-,28-,29+/m1/s1. The first-order chi connectivity index (χ1) is 14.2. The van der Waals surface area contributed by atoms with E-state index < -0.39 is 5.60 Å². The molecule has 0 unspecified atom stereocenters. The molecule has 0 radical (unpaired) electrons. The zero-order chi connectivity index (χ0) is 21.7. The highest BCUT2D eigenvalue weighted by Gasteiger charge is 2.62. The lowest BCUT2D eigenvalue weighted by molar-refractivity contribution is -0.148. The lowest BCUT2D eigenvalue weighted by atomic mass is 9.45. The maximum absolute atomic E-state index is 11.5. The van der Waals surface area contributed by atoms with Crippen molar-refractivity contribution in [2.45, 2.75) is 118 Å². The molecule has 1 heteroatoms. The molecule has 0 aromatic heterocycles. The van der Waals surface area contributed by atoms with Gasteiger partial charge in [0, 0.05) is 5.41 Å². The highest BCUT2D eigenvalue weighted by Crippen LogP contribution is 2.67. The summed E-state index contributed by atoms with van der Waals surface area (Å²) < 4.78 is 0. The molecule has 0 aliphatic heterocycles. The quantitative estimate of drug-likeness (QED) is 0.436. The molecule has 3 fully saturated rings. The predicted octanol–water partition coefficient (Wildman–Crippen LogP) is 8.02. The molecule has 4 rings (SSSR count). The molecule has 30 heavy (non-hydrogen) atoms. The van der Waals surface area contributed by atoms with Crippen LogP contribution in [0.15, 0.2) is 12.2 Å². The van der Waals surface area contributed by atoms with E-state index in [2.05, 4.69) is 53.7 Å². The van der Waals surface area contributed by atoms with Crippen LogP contribution < -0.4 is 0 Å². The average molecular weight is 415 g/mol. The van der Waals surface area contributed by atoms with Gasteiger partial charge in [-0.05, 0) is 91.8 Å². The van der Waals surface area contributed by atoms with Crippen molar-refractivity contribution in [3.8, 4) is 0 Å². The van der Waals surface area contributed by atoms with Crippen LogP contribution in [0, 0.1) is 52.3 Å². The van der Waals surface area contributed by atoms with E-state index in [1.54, 1.807) is 0 Å². The molecule has 1 N–H and O–H groups in total. The molecule has 4 aliphatic carbocycles. The molecule has 0 aromatic carbocycles. The van der Waals surface area contributed by atoms with Gasteiger partial charge in [0.2, 0.25) is 0 Å². The summed E-state index contributed by atoms with van der Waals surface area (Å²) >= 11 is 0. The molecule has 0 heterocycles. The third kappa shape index (κ3) is 3.45. The van der Waals surface area contributed by atoms with Gasteiger partial charge in [-0.3, -0.25) is 0 Å². The van der Waals surface area contributed by atoms with Gasteiger partial charge >= 0.3 is 0 Å². The summed E-state index contributed by atoms with van der Waals surface area (Å²) in [5, 5.41) is 11.5. The molecule has 0 bridgehead atoms. The van der Waals surface area contributed by atoms with Crippen molar-refractivity contribution in [3.05, 3.63) is 12.2 Å². The molecule has 0 spiro atoms. The van der Waals surface area contributed by atoms with Crippen molar-refractivity contribution in [2.24, 2.45) is 52.3 Å². The Morgan fingerprint density at radius 2 is 1.67 bits per heavy atom. The highest BCUT2D eigenvalue weighted by molar-refractivity contribution is 5.24. The summed E-state index contributed by atoms with van der Waals surface area (Å²) in [4.78, 5) is 0. The molecular weight excluding hydrogens is 364 g/mol. The number of hydrogen-bond acceptors (Lipinski definition) is 1. The second-order valence-electron chi connectivity index (χ2n) is 12.9. The maximum Gasteiger partial charge on any atom is 0.0883 e. The Balaban J connectivity index is 1.50. The third-order valence-corrected chi connectivity index (χ3v) is 11.5. The normalized spacial score (nSPS) is 47.5. The fourth-order valence-electron chi connectivity index (χ4n) is 9.31. The molecule has 172 valence electrons. The molecule has 0 aromatic rings. The third-order valence-electron chi connectivity index (χ3n) is 11.5. The SMILES string of the molecule is CC[C@H](CC[C@@H](C)[C@H]1CC[C@H]2[C@@H]3C=C[C@@]4(O)CCCC[C@]4(C)[C@H]3CC[C@]12C)C(C)C. The smallest absolute Gasteiger partial charge is 0.0883 e. The van der Waals surface area contributed by atoms with Gasteiger partial charge < -0.3 is 5.11 Å². The fourth-order valence-corrected chi connectivity index (χ4v) is 9.31. The largest absolute Gasteiger partial charge is 0.385 e. The Morgan fingerprint density at radius 1 is 0.933 bits per heavy atom. The fraction of sp³-hybridized carbons (Fsp3) is 0.931. The first-order valence-corrected chi connectivity index (χ1v) is 13.6. The molecule has 4 aliphatic rings. The second kappa shape index (κ2) is 8.24. The van der Waals surface area contributed by atoms with Crippen molar-refractivity contribution in [3.63, 3.8) is 0 Å². The van der Waals surface area contributed by atoms with E-state index in [1.807, 2.05) is 0 Å². The summed E-state index contributed by atoms with van der Waals surface area (Å²) in [6.07, 6.45) is 19.3. The van der Waals surface area contributed by atoms with Gasteiger partial charge in [-0.15, -0.1) is 0 Å². The van der Waals surface area contributed by atoms with Gasteiger partial charge in [-0.25, -0.2) is 0 Å². The van der Waals surface area contributed by atoms with Gasteiger partial charge in [0.15, 0.2) is 0 Å². The Kier molecular flexibility index (Phi) is 6.28. The van der Waals surface area contributed by atoms with Crippen LogP contribution in [0.4, 0.5) is 0 Å². The summed E-state index contributed by atoms with van der Waals surface area (Å²) in [6, 6.07) is 0. The molecule has 1 nitrogen and oxygen atoms in total. The van der Waals surface area contributed by atoms with Crippen LogP contribution in [0.5, 0.6) is 0 Å². The van der Waals surface area contributed by atoms with Gasteiger partial charge in [0.1, 0.15) is 0 Å². The summed E-state index contributed by atoms with van der Waals surface area (Å²) in [6.45, 7) is 14.9. The van der Waals surface area contributed by atoms with Crippen LogP contribution in [-0.4, -0.2) is 10.7 Å². The van der Waals surface area contributed by atoms with Gasteiger partial charge in [0.25, 0.3) is 0 Å². The number of rotatable bonds is 6. The number of hydrogen-bond donors (Lipinski definition) is 1. The zero-order valence-corrected chi connectivity index (χ0v) is 20.9.